The maximum Gasteiger partial charge on any atom is 0.513 e. The zero-order chi connectivity index (χ0) is 43.2. The number of primary amides is 1. The fourth-order valence-electron chi connectivity index (χ4n) is 5.53. The molecule has 4 rings (SSSR count). The van der Waals surface area contributed by atoms with Crippen LogP contribution in [0.15, 0.2) is 68.6 Å². The highest BCUT2D eigenvalue weighted by molar-refractivity contribution is 6.00. The number of ether oxygens (including phenoxy) is 6. The monoisotopic (exact) mass is 826 g/mol. The van der Waals surface area contributed by atoms with Crippen molar-refractivity contribution in [3.8, 4) is 28.7 Å². The number of aromatic nitrogens is 1. The van der Waals surface area contributed by atoms with Crippen molar-refractivity contribution in [2.45, 2.75) is 19.4 Å². The summed E-state index contributed by atoms with van der Waals surface area (Å²) in [6.07, 6.45) is -3.83. The summed E-state index contributed by atoms with van der Waals surface area (Å²) < 4.78 is 35.0. The molecule has 0 unspecified atom stereocenters. The molecule has 0 aliphatic rings. The molecule has 0 saturated carbocycles. The number of hydrogen-bond acceptors (Lipinski definition) is 18. The molecule has 0 saturated heterocycles. The van der Waals surface area contributed by atoms with E-state index < -0.39 is 71.3 Å². The van der Waals surface area contributed by atoms with E-state index in [1.807, 2.05) is 0 Å². The molecule has 22 heteroatoms. The second-order valence-electron chi connectivity index (χ2n) is 11.9. The number of amides is 3. The van der Waals surface area contributed by atoms with Crippen LogP contribution in [0.4, 0.5) is 14.4 Å². The molecule has 1 heterocycles. The van der Waals surface area contributed by atoms with E-state index in [1.54, 1.807) is 0 Å². The molecule has 0 aliphatic carbocycles. The van der Waals surface area contributed by atoms with E-state index in [0.717, 1.165) is 30.8 Å². The molecule has 3 aromatic carbocycles. The van der Waals surface area contributed by atoms with Gasteiger partial charge in [0.2, 0.25) is 11.7 Å². The summed E-state index contributed by atoms with van der Waals surface area (Å²) in [6.45, 7) is -1.59. The summed E-state index contributed by atoms with van der Waals surface area (Å²) in [4.78, 5) is 115. The molecule has 0 atom stereocenters. The van der Waals surface area contributed by atoms with Gasteiger partial charge in [-0.05, 0) is 49.2 Å². The van der Waals surface area contributed by atoms with E-state index in [0.29, 0.717) is 0 Å². The highest BCUT2D eigenvalue weighted by Crippen LogP contribution is 2.34. The maximum atomic E-state index is 14.3. The predicted octanol–water partition coefficient (Wildman–Crippen LogP) is 2.59. The van der Waals surface area contributed by atoms with Gasteiger partial charge in [-0.2, -0.15) is 4.89 Å². The highest BCUT2D eigenvalue weighted by atomic mass is 17.2. The lowest BCUT2D eigenvalue weighted by atomic mass is 10.1. The quantitative estimate of drug-likeness (QED) is 0.0508. The number of benzene rings is 3. The third-order valence-corrected chi connectivity index (χ3v) is 8.12. The van der Waals surface area contributed by atoms with Crippen molar-refractivity contribution in [3.05, 3.63) is 86.6 Å². The SMILES string of the molecule is COOc1cccc(C(=O)N(CCCN(CC(N)=O)C(=O)c2cccc(OC(=O)OC)c2OC(=O)OC)CCCn2c(=O)oc3c(O)cccc3c2=O)c1OC(=O)OC. The minimum Gasteiger partial charge on any atom is -0.504 e. The van der Waals surface area contributed by atoms with Crippen LogP contribution in [0.5, 0.6) is 28.7 Å². The number of aromatic hydroxyl groups is 1. The van der Waals surface area contributed by atoms with Gasteiger partial charge in [0, 0.05) is 26.2 Å². The highest BCUT2D eigenvalue weighted by Gasteiger charge is 2.29. The summed E-state index contributed by atoms with van der Waals surface area (Å²) in [6, 6.07) is 11.7. The molecule has 0 radical (unpaired) electrons. The van der Waals surface area contributed by atoms with E-state index in [-0.39, 0.29) is 72.6 Å². The maximum absolute atomic E-state index is 14.3. The van der Waals surface area contributed by atoms with Crippen molar-refractivity contribution in [1.29, 1.82) is 0 Å². The van der Waals surface area contributed by atoms with Crippen LogP contribution in [-0.4, -0.2) is 110 Å². The van der Waals surface area contributed by atoms with Crippen molar-refractivity contribution in [2.75, 3.05) is 54.6 Å². The van der Waals surface area contributed by atoms with Crippen LogP contribution >= 0.6 is 0 Å². The molecule has 59 heavy (non-hydrogen) atoms. The van der Waals surface area contributed by atoms with Crippen molar-refractivity contribution in [2.24, 2.45) is 5.73 Å². The first-order chi connectivity index (χ1) is 28.2. The Morgan fingerprint density at radius 2 is 1.22 bits per heavy atom. The fourth-order valence-corrected chi connectivity index (χ4v) is 5.53. The Morgan fingerprint density at radius 3 is 1.81 bits per heavy atom. The van der Waals surface area contributed by atoms with Gasteiger partial charge in [-0.25, -0.2) is 23.7 Å². The first-order valence-electron chi connectivity index (χ1n) is 17.2. The number of para-hydroxylation sites is 3. The molecule has 3 N–H and O–H groups in total. The average Bonchev–Trinajstić information content (AvgIpc) is 3.21. The minimum absolute atomic E-state index is 0.0483. The zero-order valence-corrected chi connectivity index (χ0v) is 32.0. The Labute approximate surface area is 332 Å². The third-order valence-electron chi connectivity index (χ3n) is 8.12. The Bertz CT molecular complexity index is 2340. The van der Waals surface area contributed by atoms with Crippen LogP contribution in [0.25, 0.3) is 11.0 Å². The number of fused-ring (bicyclic) bond motifs is 1. The third kappa shape index (κ3) is 11.0. The molecule has 22 nitrogen and oxygen atoms in total. The second-order valence-corrected chi connectivity index (χ2v) is 11.9. The van der Waals surface area contributed by atoms with E-state index >= 15 is 0 Å². The lowest BCUT2D eigenvalue weighted by Gasteiger charge is -2.27. The van der Waals surface area contributed by atoms with Gasteiger partial charge in [-0.1, -0.05) is 18.2 Å². The molecule has 0 aliphatic heterocycles. The predicted molar refractivity (Wildman–Crippen MR) is 198 cm³/mol. The molecule has 4 aromatic rings. The number of nitrogens with zero attached hydrogens (tertiary/aromatic N) is 3. The largest absolute Gasteiger partial charge is 0.513 e. The number of carbonyl (C=O) groups excluding carboxylic acids is 6. The molecule has 0 spiro atoms. The number of methoxy groups -OCH3 is 3. The molecular weight excluding hydrogens is 788 g/mol. The van der Waals surface area contributed by atoms with Gasteiger partial charge in [0.05, 0.1) is 51.5 Å². The molecule has 3 amide bonds. The van der Waals surface area contributed by atoms with Gasteiger partial charge in [0.1, 0.15) is 0 Å². The Kier molecular flexibility index (Phi) is 15.3. The number of nitrogens with two attached hydrogens (primary N) is 1. The fraction of sp³-hybridized carbons (Fsp3) is 0.297. The normalized spacial score (nSPS) is 10.6. The molecule has 0 bridgehead atoms. The van der Waals surface area contributed by atoms with Gasteiger partial charge in [-0.15, -0.1) is 0 Å². The van der Waals surface area contributed by atoms with Gasteiger partial charge in [0.15, 0.2) is 28.6 Å². The van der Waals surface area contributed by atoms with Crippen LogP contribution < -0.4 is 36.1 Å². The summed E-state index contributed by atoms with van der Waals surface area (Å²) in [5, 5.41) is 10.0. The van der Waals surface area contributed by atoms with Gasteiger partial charge in [0.25, 0.3) is 17.4 Å². The summed E-state index contributed by atoms with van der Waals surface area (Å²) in [5.41, 5.74) is 3.83. The van der Waals surface area contributed by atoms with Crippen LogP contribution in [0.2, 0.25) is 0 Å². The van der Waals surface area contributed by atoms with Crippen LogP contribution in [0.1, 0.15) is 33.6 Å². The zero-order valence-electron chi connectivity index (χ0n) is 32.0. The number of hydrogen-bond donors (Lipinski definition) is 2. The summed E-state index contributed by atoms with van der Waals surface area (Å²) in [5.74, 6) is -5.68. The topological polar surface area (TPSA) is 281 Å². The Hall–Kier alpha value is -7.62. The van der Waals surface area contributed by atoms with Crippen LogP contribution in [0.3, 0.4) is 0 Å². The van der Waals surface area contributed by atoms with Crippen LogP contribution in [-0.2, 0) is 30.4 Å². The second kappa shape index (κ2) is 20.5. The number of phenols is 1. The number of carbonyl (C=O) groups is 6. The lowest BCUT2D eigenvalue weighted by molar-refractivity contribution is -0.179. The molecule has 314 valence electrons. The average molecular weight is 827 g/mol. The van der Waals surface area contributed by atoms with Crippen molar-refractivity contribution in [1.82, 2.24) is 14.4 Å². The van der Waals surface area contributed by atoms with Crippen LogP contribution in [0, 0.1) is 0 Å². The smallest absolute Gasteiger partial charge is 0.504 e. The van der Waals surface area contributed by atoms with Crippen molar-refractivity contribution < 1.29 is 76.5 Å². The van der Waals surface area contributed by atoms with E-state index in [4.69, 9.17) is 34.1 Å². The number of rotatable bonds is 17. The molecule has 0 fully saturated rings. The standard InChI is InChI=1S/C37H38N4O18/c1-51-35(48)55-25-14-6-11-22(29(25)57-36(49)52-2)32(45)40(20-27(38)43)18-8-16-39(31(44)23-12-7-15-26(59-54-4)30(23)58-37(50)53-3)17-9-19-41-33(46)21-10-5-13-24(42)28(21)56-34(41)47/h5-7,10-15,42H,8-9,16-20H2,1-4H3,(H2,38,43). The van der Waals surface area contributed by atoms with Gasteiger partial charge >= 0.3 is 24.2 Å². The van der Waals surface area contributed by atoms with E-state index in [2.05, 4.69) is 14.2 Å². The Balaban J connectivity index is 1.68. The Morgan fingerprint density at radius 1 is 0.695 bits per heavy atom. The summed E-state index contributed by atoms with van der Waals surface area (Å²) in [7, 11) is 4.22. The molecule has 1 aromatic heterocycles. The molecular formula is C37H38N4O18. The minimum atomic E-state index is -1.28. The first-order valence-corrected chi connectivity index (χ1v) is 17.2. The van der Waals surface area contributed by atoms with Crippen molar-refractivity contribution >= 4 is 47.2 Å². The van der Waals surface area contributed by atoms with Crippen molar-refractivity contribution in [3.63, 3.8) is 0 Å². The van der Waals surface area contributed by atoms with E-state index in [1.165, 1.54) is 66.6 Å². The lowest BCUT2D eigenvalue weighted by Crippen LogP contribution is -2.41. The van der Waals surface area contributed by atoms with Gasteiger partial charge in [-0.3, -0.25) is 19.2 Å². The number of phenolic OH excluding ortho intramolecular Hbond substituents is 1. The summed E-state index contributed by atoms with van der Waals surface area (Å²) >= 11 is 0. The van der Waals surface area contributed by atoms with E-state index in [9.17, 15) is 43.5 Å². The first kappa shape index (κ1) is 44.1. The van der Waals surface area contributed by atoms with Gasteiger partial charge < -0.3 is 58.4 Å².